The zero-order valence-electron chi connectivity index (χ0n) is 12.9. The van der Waals surface area contributed by atoms with Gasteiger partial charge in [0.05, 0.1) is 18.6 Å². The van der Waals surface area contributed by atoms with Crippen molar-refractivity contribution in [3.8, 4) is 0 Å². The summed E-state index contributed by atoms with van der Waals surface area (Å²) in [6.45, 7) is 3.50. The largest absolute Gasteiger partial charge is 0.445 e. The maximum atomic E-state index is 11.4. The molecule has 0 heterocycles. The van der Waals surface area contributed by atoms with E-state index in [9.17, 15) is 9.59 Å². The molecular formula is C16H22N2O5. The Morgan fingerprint density at radius 3 is 2.43 bits per heavy atom. The van der Waals surface area contributed by atoms with Gasteiger partial charge >= 0.3 is 12.1 Å². The molecule has 23 heavy (non-hydrogen) atoms. The van der Waals surface area contributed by atoms with Crippen LogP contribution in [-0.2, 0) is 20.8 Å². The Labute approximate surface area is 135 Å². The minimum atomic E-state index is -0.764. The van der Waals surface area contributed by atoms with Crippen molar-refractivity contribution in [3.63, 3.8) is 0 Å². The van der Waals surface area contributed by atoms with E-state index in [4.69, 9.17) is 9.94 Å². The highest BCUT2D eigenvalue weighted by Crippen LogP contribution is 2.34. The summed E-state index contributed by atoms with van der Waals surface area (Å²) in [6, 6.07) is 9.41. The maximum Gasteiger partial charge on any atom is 0.404 e. The number of hydrogen-bond acceptors (Lipinski definition) is 6. The number of nitrogens with one attached hydrogen (secondary N) is 1. The molecule has 0 aliphatic heterocycles. The molecule has 0 bridgehead atoms. The molecule has 7 heteroatoms. The summed E-state index contributed by atoms with van der Waals surface area (Å²) in [5.41, 5.74) is 7.76. The molecule has 1 aromatic carbocycles. The molecule has 0 atom stereocenters. The second-order valence-corrected chi connectivity index (χ2v) is 5.10. The van der Waals surface area contributed by atoms with Crippen molar-refractivity contribution in [1.82, 2.24) is 5.48 Å². The number of aliphatic hydroxyl groups is 1. The van der Waals surface area contributed by atoms with Crippen LogP contribution in [0.1, 0.15) is 18.4 Å². The van der Waals surface area contributed by atoms with E-state index in [-0.39, 0.29) is 31.1 Å². The van der Waals surface area contributed by atoms with E-state index in [1.807, 2.05) is 30.3 Å². The molecule has 0 radical (unpaired) electrons. The van der Waals surface area contributed by atoms with E-state index in [1.165, 1.54) is 6.08 Å². The summed E-state index contributed by atoms with van der Waals surface area (Å²) >= 11 is 0. The van der Waals surface area contributed by atoms with Gasteiger partial charge in [0.15, 0.2) is 0 Å². The first kappa shape index (κ1) is 18.7. The van der Waals surface area contributed by atoms with Crippen LogP contribution in [0.15, 0.2) is 43.0 Å². The molecule has 0 saturated heterocycles. The number of carbonyl (C=O) groups excluding carboxylic acids is 2. The highest BCUT2D eigenvalue weighted by molar-refractivity contribution is 5.72. The molecule has 2 rings (SSSR count). The zero-order valence-corrected chi connectivity index (χ0v) is 12.9. The van der Waals surface area contributed by atoms with Crippen molar-refractivity contribution in [2.75, 3.05) is 13.2 Å². The van der Waals surface area contributed by atoms with Crippen LogP contribution in [0.5, 0.6) is 0 Å². The fourth-order valence-electron chi connectivity index (χ4n) is 1.55. The van der Waals surface area contributed by atoms with Crippen LogP contribution < -0.4 is 11.2 Å². The number of nitrogens with two attached hydrogens (primary N) is 1. The van der Waals surface area contributed by atoms with Gasteiger partial charge in [0, 0.05) is 0 Å². The Morgan fingerprint density at radius 2 is 2.00 bits per heavy atom. The van der Waals surface area contributed by atoms with Crippen LogP contribution in [-0.4, -0.2) is 35.9 Å². The third-order valence-electron chi connectivity index (χ3n) is 3.07. The number of primary amides is 1. The number of benzene rings is 1. The Bertz CT molecular complexity index is 514. The summed E-state index contributed by atoms with van der Waals surface area (Å²) in [6.07, 6.45) is 2.63. The number of hydrogen-bond donors (Lipinski definition) is 3. The molecule has 1 fully saturated rings. The van der Waals surface area contributed by atoms with E-state index in [2.05, 4.69) is 22.5 Å². The van der Waals surface area contributed by atoms with Crippen molar-refractivity contribution in [1.29, 1.82) is 0 Å². The van der Waals surface area contributed by atoms with E-state index in [0.717, 1.165) is 18.4 Å². The fraction of sp³-hybridized carbons (Fsp3) is 0.375. The van der Waals surface area contributed by atoms with Crippen molar-refractivity contribution in [3.05, 3.63) is 48.6 Å². The molecule has 4 N–H and O–H groups in total. The summed E-state index contributed by atoms with van der Waals surface area (Å²) < 4.78 is 4.21. The highest BCUT2D eigenvalue weighted by Gasteiger charge is 2.43. The van der Waals surface area contributed by atoms with Crippen molar-refractivity contribution in [2.24, 2.45) is 5.73 Å². The lowest BCUT2D eigenvalue weighted by molar-refractivity contribution is -0.153. The first-order valence-corrected chi connectivity index (χ1v) is 7.16. The average molecular weight is 322 g/mol. The number of carbonyl (C=O) groups is 2. The minimum Gasteiger partial charge on any atom is -0.445 e. The smallest absolute Gasteiger partial charge is 0.404 e. The Hall–Kier alpha value is -2.38. The van der Waals surface area contributed by atoms with Crippen molar-refractivity contribution in [2.45, 2.75) is 24.8 Å². The molecule has 1 aliphatic carbocycles. The third-order valence-corrected chi connectivity index (χ3v) is 3.07. The topological polar surface area (TPSA) is 111 Å². The number of ether oxygens (including phenoxy) is 1. The van der Waals surface area contributed by atoms with E-state index < -0.39 is 6.09 Å². The van der Waals surface area contributed by atoms with Gasteiger partial charge in [0.25, 0.3) is 0 Å². The van der Waals surface area contributed by atoms with Crippen molar-refractivity contribution < 1.29 is 24.3 Å². The second-order valence-electron chi connectivity index (χ2n) is 5.10. The predicted octanol–water partition coefficient (Wildman–Crippen LogP) is 1.07. The SMILES string of the molecule is C=CCOC(N)=O.O=C(Cc1ccccc1)ONC1(CO)CC1. The molecular weight excluding hydrogens is 300 g/mol. The van der Waals surface area contributed by atoms with Gasteiger partial charge in [-0.15, -0.1) is 5.48 Å². The van der Waals surface area contributed by atoms with Gasteiger partial charge in [0.2, 0.25) is 0 Å². The number of rotatable bonds is 7. The average Bonchev–Trinajstić information content (AvgIpc) is 3.33. The lowest BCUT2D eigenvalue weighted by Gasteiger charge is -2.13. The van der Waals surface area contributed by atoms with Crippen LogP contribution >= 0.6 is 0 Å². The van der Waals surface area contributed by atoms with Gasteiger partial charge in [-0.05, 0) is 18.4 Å². The van der Waals surface area contributed by atoms with Gasteiger partial charge in [-0.25, -0.2) is 4.79 Å². The second kappa shape index (κ2) is 9.60. The highest BCUT2D eigenvalue weighted by atomic mass is 16.7. The number of aliphatic hydroxyl groups excluding tert-OH is 1. The Balaban J connectivity index is 0.000000322. The molecule has 0 unspecified atom stereocenters. The number of amides is 1. The molecule has 126 valence electrons. The lowest BCUT2D eigenvalue weighted by atomic mass is 10.2. The quantitative estimate of drug-likeness (QED) is 0.511. The zero-order chi connectivity index (χ0) is 17.1. The Morgan fingerprint density at radius 1 is 1.35 bits per heavy atom. The van der Waals surface area contributed by atoms with Crippen LogP contribution in [0.2, 0.25) is 0 Å². The standard InChI is InChI=1S/C12H15NO3.C4H7NO2/c14-9-12(6-7-12)13-16-11(15)8-10-4-2-1-3-5-10;1-2-3-7-4(5)6/h1-5,13-14H,6-9H2;2H,1,3H2,(H2,5,6). The molecule has 1 saturated carbocycles. The van der Waals surface area contributed by atoms with Gasteiger partial charge < -0.3 is 20.4 Å². The molecule has 0 aromatic heterocycles. The van der Waals surface area contributed by atoms with Crippen LogP contribution in [0, 0.1) is 0 Å². The monoisotopic (exact) mass is 322 g/mol. The molecule has 1 amide bonds. The summed E-state index contributed by atoms with van der Waals surface area (Å²) in [5.74, 6) is -0.328. The van der Waals surface area contributed by atoms with E-state index in [0.29, 0.717) is 0 Å². The molecule has 7 nitrogen and oxygen atoms in total. The van der Waals surface area contributed by atoms with Gasteiger partial charge in [-0.1, -0.05) is 43.0 Å². The van der Waals surface area contributed by atoms with E-state index >= 15 is 0 Å². The molecule has 1 aliphatic rings. The summed E-state index contributed by atoms with van der Waals surface area (Å²) in [7, 11) is 0. The van der Waals surface area contributed by atoms with Gasteiger partial charge in [0.1, 0.15) is 6.61 Å². The first-order chi connectivity index (χ1) is 11.0. The first-order valence-electron chi connectivity index (χ1n) is 7.16. The van der Waals surface area contributed by atoms with Crippen molar-refractivity contribution >= 4 is 12.1 Å². The normalized spacial score (nSPS) is 14.0. The predicted molar refractivity (Wildman–Crippen MR) is 84.2 cm³/mol. The maximum absolute atomic E-state index is 11.4. The summed E-state index contributed by atoms with van der Waals surface area (Å²) in [5, 5.41) is 9.01. The lowest BCUT2D eigenvalue weighted by Crippen LogP contribution is -2.37. The Kier molecular flexibility index (Phi) is 7.79. The summed E-state index contributed by atoms with van der Waals surface area (Å²) in [4.78, 5) is 26.1. The van der Waals surface area contributed by atoms with Crippen LogP contribution in [0.3, 0.4) is 0 Å². The fourth-order valence-corrected chi connectivity index (χ4v) is 1.55. The van der Waals surface area contributed by atoms with Gasteiger partial charge in [-0.2, -0.15) is 0 Å². The molecule has 0 spiro atoms. The van der Waals surface area contributed by atoms with E-state index in [1.54, 1.807) is 0 Å². The molecule has 1 aromatic rings. The third kappa shape index (κ3) is 7.98. The van der Waals surface area contributed by atoms with Crippen LogP contribution in [0.25, 0.3) is 0 Å². The minimum absolute atomic E-state index is 0.00557. The van der Waals surface area contributed by atoms with Crippen LogP contribution in [0.4, 0.5) is 4.79 Å². The van der Waals surface area contributed by atoms with Gasteiger partial charge in [-0.3, -0.25) is 4.79 Å². The number of hydroxylamine groups is 1.